The molecule has 2 aliphatic rings. The van der Waals surface area contributed by atoms with Crippen LogP contribution in [-0.2, 0) is 101 Å². The Labute approximate surface area is 810 Å². The molecule has 0 bridgehead atoms. The van der Waals surface area contributed by atoms with Crippen LogP contribution in [0.25, 0.3) is 22.3 Å². The van der Waals surface area contributed by atoms with Crippen molar-refractivity contribution in [2.24, 2.45) is 17.4 Å². The molecule has 17 amide bonds. The Morgan fingerprint density at radius 1 is 0.460 bits per heavy atom. The van der Waals surface area contributed by atoms with Gasteiger partial charge in [0.05, 0.1) is 30.9 Å². The first-order valence-corrected chi connectivity index (χ1v) is 47.3. The number of aliphatic hydroxyl groups excluding tert-OH is 2. The summed E-state index contributed by atoms with van der Waals surface area (Å²) in [7, 11) is 2.53. The summed E-state index contributed by atoms with van der Waals surface area (Å²) >= 11 is 0.805. The van der Waals surface area contributed by atoms with Crippen molar-refractivity contribution in [1.29, 1.82) is 0 Å². The number of carboxylic acid groups (broad SMARTS) is 1. The smallest absolute Gasteiger partial charge is 0.303 e. The fourth-order valence-corrected chi connectivity index (χ4v) is 16.7. The van der Waals surface area contributed by atoms with Crippen LogP contribution in [0.5, 0.6) is 0 Å². The largest absolute Gasteiger partial charge is 0.481 e. The maximum absolute atomic E-state index is 15.2. The Hall–Kier alpha value is -14.3. The van der Waals surface area contributed by atoms with Crippen LogP contribution in [0, 0.1) is 5.92 Å². The van der Waals surface area contributed by atoms with Gasteiger partial charge in [-0.25, -0.2) is 0 Å². The van der Waals surface area contributed by atoms with Gasteiger partial charge in [-0.2, -0.15) is 0 Å². The fraction of sp³-hybridized carbons (Fsp3) is 0.444. The number of primary amides is 2. The number of hydrogen-bond acceptors (Lipinski definition) is 22. The highest BCUT2D eigenvalue weighted by molar-refractivity contribution is 8.00. The second-order valence-corrected chi connectivity index (χ2v) is 36.1. The first-order valence-electron chi connectivity index (χ1n) is 46.2. The van der Waals surface area contributed by atoms with Crippen LogP contribution < -0.4 is 70.0 Å². The van der Waals surface area contributed by atoms with E-state index < -0.39 is 240 Å². The van der Waals surface area contributed by atoms with Crippen molar-refractivity contribution in [1.82, 2.24) is 78.1 Å². The molecule has 746 valence electrons. The zero-order valence-corrected chi connectivity index (χ0v) is 80.1. The number of carbonyl (C=O) groups is 19. The Kier molecular flexibility index (Phi) is 42.8. The first-order chi connectivity index (χ1) is 66.1. The number of likely N-dealkylation sites (tertiary alicyclic amines) is 2. The summed E-state index contributed by atoms with van der Waals surface area (Å²) < 4.78 is 0. The minimum Gasteiger partial charge on any atom is -0.481 e. The lowest BCUT2D eigenvalue weighted by atomic mass is 9.99. The number of rotatable bonds is 52. The average molecular weight is 1940 g/mol. The van der Waals surface area contributed by atoms with E-state index in [1.54, 1.807) is 80.6 Å². The monoisotopic (exact) mass is 1940 g/mol. The normalized spacial score (nSPS) is 16.1. The first kappa shape index (κ1) is 110. The van der Waals surface area contributed by atoms with Gasteiger partial charge >= 0.3 is 5.97 Å². The molecule has 2 saturated heterocycles. The third-order valence-corrected chi connectivity index (χ3v) is 25.1. The van der Waals surface area contributed by atoms with E-state index in [0.29, 0.717) is 53.4 Å². The summed E-state index contributed by atoms with van der Waals surface area (Å²) in [6.07, 6.45) is -2.53. The maximum atomic E-state index is 15.2. The van der Waals surface area contributed by atoms with Crippen LogP contribution in [0.1, 0.15) is 150 Å². The summed E-state index contributed by atoms with van der Waals surface area (Å²) in [4.78, 5) is 267. The van der Waals surface area contributed by atoms with E-state index in [4.69, 9.17) is 11.5 Å². The molecule has 0 unspecified atom stereocenters. The van der Waals surface area contributed by atoms with Crippen LogP contribution in [-0.4, -0.2) is 290 Å². The van der Waals surface area contributed by atoms with Gasteiger partial charge in [0, 0.05) is 76.3 Å². The van der Waals surface area contributed by atoms with E-state index in [2.05, 4.69) is 58.5 Å². The van der Waals surface area contributed by atoms with Crippen molar-refractivity contribution in [2.75, 3.05) is 51.8 Å². The molecular weight excluding hydrogens is 1810 g/mol. The number of carbonyl (C=O) groups excluding carboxylic acids is 18. The number of nitrogens with one attached hydrogen (secondary N) is 11. The van der Waals surface area contributed by atoms with Crippen LogP contribution in [0.3, 0.4) is 0 Å². The Morgan fingerprint density at radius 2 is 0.942 bits per heavy atom. The molecule has 6 aromatic carbocycles. The van der Waals surface area contributed by atoms with E-state index in [9.17, 15) is 102 Å². The minimum absolute atomic E-state index is 0.00495. The van der Waals surface area contributed by atoms with Gasteiger partial charge in [0.25, 0.3) is 5.91 Å². The van der Waals surface area contributed by atoms with Crippen molar-refractivity contribution >= 4 is 124 Å². The number of aliphatic carboxylic acids is 1. The summed E-state index contributed by atoms with van der Waals surface area (Å²) in [5.74, 6) is -17.0. The van der Waals surface area contributed by atoms with Gasteiger partial charge in [0.15, 0.2) is 0 Å². The number of benzene rings is 6. The van der Waals surface area contributed by atoms with Gasteiger partial charge < -0.3 is 105 Å². The Balaban J connectivity index is 0.966. The number of aliphatic hydroxyl groups is 2. The molecule has 2 aliphatic heterocycles. The third kappa shape index (κ3) is 33.6. The highest BCUT2D eigenvalue weighted by Crippen LogP contribution is 2.26. The molecule has 139 heavy (non-hydrogen) atoms. The number of unbranched alkanes of at least 4 members (excludes halogenated alkanes) is 1. The van der Waals surface area contributed by atoms with Gasteiger partial charge in [-0.3, -0.25) is 91.1 Å². The molecule has 0 aliphatic carbocycles. The standard InChI is InChI=1S/C99H127N17O22S/c1-57(2)84(99(138)115-47-21-30-78(115)87(101)126)112-93(132)74(50-63-23-13-10-14-24-63)106-82(122)56-139-55-77(91(130)103-53-81(121)105-72(86(100)125)29-19-20-46-102-90(129)71-42-36-66(54-117)37-43-71)110-94(133)79-31-22-48-116(79)96(135)59(4)104-92(131)73(44-45-83(123)124)107-88(127)60(5)113(8)97(136)75(51-64-32-38-69(39-33-64)67-25-15-11-16-26-67)108-89(128)61(6)114(9)98(137)76(109-95(134)85(62(7)119)111-80(120)49-58(3)118)52-65-34-40-70(41-35-65)68-27-17-12-18-28-68/h10-18,23-28,32-43,54,57-62,72-79,84-85,118-119H,19-22,29-31,44-53,55-56H2,1-9H3,(H2,100,125)(H2,101,126)(H,102,129)(H,103,130)(H,104,131)(H,105,121)(H,106,122)(H,107,127)(H,108,128)(H,109,134)(H,110,133)(H,111,120)(H,112,132)(H,123,124)/t58-,59+,60+,61+,62-,72+,73+,74+,75+,76+,77+,78+,79+,84+,85+/m1/s1. The molecule has 40 heteroatoms. The molecule has 2 fully saturated rings. The van der Waals surface area contributed by atoms with Gasteiger partial charge in [0.2, 0.25) is 94.5 Å². The maximum Gasteiger partial charge on any atom is 0.303 e. The second-order valence-electron chi connectivity index (χ2n) is 35.1. The number of carboxylic acids is 1. The molecule has 0 spiro atoms. The molecule has 0 saturated carbocycles. The van der Waals surface area contributed by atoms with Crippen molar-refractivity contribution in [3.8, 4) is 22.3 Å². The number of nitrogens with two attached hydrogens (primary N) is 2. The van der Waals surface area contributed by atoms with Crippen LogP contribution in [0.2, 0.25) is 0 Å². The van der Waals surface area contributed by atoms with Gasteiger partial charge in [-0.05, 0) is 143 Å². The van der Waals surface area contributed by atoms with E-state index in [0.717, 1.165) is 48.7 Å². The molecule has 0 aromatic heterocycles. The number of nitrogens with zero attached hydrogens (tertiary/aromatic N) is 4. The quantitative estimate of drug-likeness (QED) is 0.0187. The molecule has 2 heterocycles. The van der Waals surface area contributed by atoms with E-state index >= 15 is 4.79 Å². The van der Waals surface area contributed by atoms with E-state index in [-0.39, 0.29) is 64.6 Å². The van der Waals surface area contributed by atoms with Gasteiger partial charge in [-0.15, -0.1) is 11.8 Å². The lowest BCUT2D eigenvalue weighted by Crippen LogP contribution is -2.61. The lowest BCUT2D eigenvalue weighted by molar-refractivity contribution is -0.145. The zero-order valence-electron chi connectivity index (χ0n) is 79.3. The summed E-state index contributed by atoms with van der Waals surface area (Å²) in [5, 5.41) is 59.2. The molecule has 18 N–H and O–H groups in total. The number of amides is 17. The third-order valence-electron chi connectivity index (χ3n) is 24.1. The predicted octanol–water partition coefficient (Wildman–Crippen LogP) is 1.01. The summed E-state index contributed by atoms with van der Waals surface area (Å²) in [6, 6.07) is 29.1. The SMILES string of the molecule is CC(C)[C@H](NC(=O)[C@H](Cc1ccccc1)NC(=O)CSC[C@H](NC(=O)[C@@H]1CCCN1C(=O)[C@H](C)NC(=O)[C@H](CCC(=O)O)NC(=O)[C@H](C)N(C)C(=O)[C@H](Cc1ccc(-c2ccccc2)cc1)NC(=O)[C@H](C)N(C)C(=O)[C@H](Cc1ccc(-c2ccccc2)cc1)NC(=O)[C@@H](NC(=O)C[C@@H](C)O)[C@@H](C)O)C(=O)NCC(=O)N[C@@H](CCCCNC(=O)c1ccc(C=O)cc1)C(N)=O)C(=O)N1CCC[C@H]1C(N)=O. The Morgan fingerprint density at radius 3 is 1.45 bits per heavy atom. The second kappa shape index (κ2) is 54.0. The van der Waals surface area contributed by atoms with Crippen LogP contribution in [0.4, 0.5) is 0 Å². The molecule has 0 radical (unpaired) electrons. The lowest BCUT2D eigenvalue weighted by Gasteiger charge is -2.33. The van der Waals surface area contributed by atoms with Gasteiger partial charge in [-0.1, -0.05) is 166 Å². The van der Waals surface area contributed by atoms with Crippen molar-refractivity contribution in [2.45, 2.75) is 223 Å². The van der Waals surface area contributed by atoms with Crippen LogP contribution in [0.15, 0.2) is 164 Å². The van der Waals surface area contributed by atoms with Crippen molar-refractivity contribution in [3.63, 3.8) is 0 Å². The molecule has 8 rings (SSSR count). The van der Waals surface area contributed by atoms with Crippen LogP contribution >= 0.6 is 11.8 Å². The Bertz CT molecular complexity index is 5290. The molecular formula is C99H127N17O22S. The fourth-order valence-electron chi connectivity index (χ4n) is 15.8. The molecule has 15 atom stereocenters. The molecule has 39 nitrogen and oxygen atoms in total. The highest BCUT2D eigenvalue weighted by atomic mass is 32.2. The predicted molar refractivity (Wildman–Crippen MR) is 515 cm³/mol. The molecule has 6 aromatic rings. The highest BCUT2D eigenvalue weighted by Gasteiger charge is 2.43. The topological polar surface area (TPSA) is 582 Å². The van der Waals surface area contributed by atoms with E-state index in [1.807, 2.05) is 72.8 Å². The number of hydrogen-bond donors (Lipinski definition) is 16. The van der Waals surface area contributed by atoms with E-state index in [1.165, 1.54) is 77.9 Å². The van der Waals surface area contributed by atoms with Crippen molar-refractivity contribution in [3.05, 3.63) is 192 Å². The zero-order chi connectivity index (χ0) is 102. The number of thioether (sulfide) groups is 1. The summed E-state index contributed by atoms with van der Waals surface area (Å²) in [6.45, 7) is 9.40. The number of likely N-dealkylation sites (N-methyl/N-ethyl adjacent to an activating group) is 2. The average Bonchev–Trinajstić information content (AvgIpc) is 1.81. The minimum atomic E-state index is -1.72. The number of aldehydes is 1. The summed E-state index contributed by atoms with van der Waals surface area (Å²) in [5.41, 5.74) is 17.1. The van der Waals surface area contributed by atoms with Gasteiger partial charge in [0.1, 0.15) is 84.8 Å². The van der Waals surface area contributed by atoms with Crippen molar-refractivity contribution < 1.29 is 106 Å².